The highest BCUT2D eigenvalue weighted by Crippen LogP contribution is 2.46. The summed E-state index contributed by atoms with van der Waals surface area (Å²) in [6.07, 6.45) is 2.98. The highest BCUT2D eigenvalue weighted by molar-refractivity contribution is 7.22. The van der Waals surface area contributed by atoms with E-state index in [1.807, 2.05) is 0 Å². The Labute approximate surface area is 239 Å². The lowest BCUT2D eigenvalue weighted by molar-refractivity contribution is -0.132. The summed E-state index contributed by atoms with van der Waals surface area (Å²) in [5.41, 5.74) is 1.18. The van der Waals surface area contributed by atoms with Gasteiger partial charge in [0.1, 0.15) is 11.6 Å². The van der Waals surface area contributed by atoms with E-state index in [1.54, 1.807) is 42.5 Å². The number of amides is 1. The lowest BCUT2D eigenvalue weighted by Gasteiger charge is -2.24. The van der Waals surface area contributed by atoms with Crippen molar-refractivity contribution in [3.05, 3.63) is 88.2 Å². The molecule has 1 N–H and O–H groups in total. The molecule has 5 rings (SSSR count). The first kappa shape index (κ1) is 27.6. The van der Waals surface area contributed by atoms with Gasteiger partial charge in [0.15, 0.2) is 16.6 Å². The molecule has 0 bridgehead atoms. The molecule has 3 aromatic carbocycles. The summed E-state index contributed by atoms with van der Waals surface area (Å²) >= 11 is 7.10. The first-order valence-electron chi connectivity index (χ1n) is 12.8. The molecule has 0 aliphatic carbocycles. The van der Waals surface area contributed by atoms with E-state index in [4.69, 9.17) is 21.1 Å². The van der Waals surface area contributed by atoms with Crippen LogP contribution in [0.2, 0.25) is 5.02 Å². The Balaban J connectivity index is 1.65. The SMILES string of the molecule is CCCCCOc1ccc(C2/C(=C(\O)c3ccc(Cl)cc3)C(=O)C(=O)N2c2nc3ccc(F)cc3s2)cc1OC. The van der Waals surface area contributed by atoms with E-state index in [0.717, 1.165) is 30.6 Å². The van der Waals surface area contributed by atoms with Gasteiger partial charge in [0.05, 0.1) is 35.5 Å². The molecule has 1 unspecified atom stereocenters. The van der Waals surface area contributed by atoms with Gasteiger partial charge in [-0.05, 0) is 66.6 Å². The first-order valence-corrected chi connectivity index (χ1v) is 14.0. The number of hydrogen-bond donors (Lipinski definition) is 1. The van der Waals surface area contributed by atoms with E-state index in [0.29, 0.717) is 44.5 Å². The molecule has 2 heterocycles. The number of rotatable bonds is 9. The number of fused-ring (bicyclic) bond motifs is 1. The number of aromatic nitrogens is 1. The van der Waals surface area contributed by atoms with Crippen LogP contribution in [-0.2, 0) is 9.59 Å². The van der Waals surface area contributed by atoms with Crippen LogP contribution in [0.4, 0.5) is 9.52 Å². The van der Waals surface area contributed by atoms with Crippen molar-refractivity contribution in [3.63, 3.8) is 0 Å². The average Bonchev–Trinajstić information content (AvgIpc) is 3.48. The molecule has 1 fully saturated rings. The zero-order valence-corrected chi connectivity index (χ0v) is 23.4. The minimum absolute atomic E-state index is 0.114. The van der Waals surface area contributed by atoms with E-state index in [2.05, 4.69) is 11.9 Å². The number of unbranched alkanes of at least 4 members (excludes halogenated alkanes) is 2. The van der Waals surface area contributed by atoms with Crippen LogP contribution >= 0.6 is 22.9 Å². The van der Waals surface area contributed by atoms with Crippen LogP contribution in [0, 0.1) is 5.82 Å². The maximum atomic E-state index is 13.9. The lowest BCUT2D eigenvalue weighted by atomic mass is 9.95. The quantitative estimate of drug-likeness (QED) is 0.0967. The minimum Gasteiger partial charge on any atom is -0.507 e. The first-order chi connectivity index (χ1) is 19.3. The largest absolute Gasteiger partial charge is 0.507 e. The fourth-order valence-corrected chi connectivity index (χ4v) is 5.75. The van der Waals surface area contributed by atoms with Crippen molar-refractivity contribution in [2.75, 3.05) is 18.6 Å². The van der Waals surface area contributed by atoms with Crippen LogP contribution in [0.15, 0.2) is 66.2 Å². The summed E-state index contributed by atoms with van der Waals surface area (Å²) in [6.45, 7) is 2.62. The lowest BCUT2D eigenvalue weighted by Crippen LogP contribution is -2.29. The molecule has 0 radical (unpaired) electrons. The fraction of sp³-hybridized carbons (Fsp3) is 0.233. The van der Waals surface area contributed by atoms with Crippen molar-refractivity contribution in [1.29, 1.82) is 0 Å². The minimum atomic E-state index is -1.04. The van der Waals surface area contributed by atoms with Crippen molar-refractivity contribution in [3.8, 4) is 11.5 Å². The Morgan fingerprint density at radius 3 is 2.58 bits per heavy atom. The van der Waals surface area contributed by atoms with Crippen molar-refractivity contribution in [2.24, 2.45) is 0 Å². The van der Waals surface area contributed by atoms with Gasteiger partial charge in [-0.2, -0.15) is 0 Å². The average molecular weight is 581 g/mol. The highest BCUT2D eigenvalue weighted by atomic mass is 35.5. The normalized spacial score (nSPS) is 16.6. The third-order valence-electron chi connectivity index (χ3n) is 6.62. The van der Waals surface area contributed by atoms with Gasteiger partial charge in [-0.25, -0.2) is 9.37 Å². The smallest absolute Gasteiger partial charge is 0.301 e. The fourth-order valence-electron chi connectivity index (χ4n) is 4.61. The van der Waals surface area contributed by atoms with Crippen molar-refractivity contribution >= 4 is 55.7 Å². The summed E-state index contributed by atoms with van der Waals surface area (Å²) in [5, 5.41) is 12.0. The van der Waals surface area contributed by atoms with Gasteiger partial charge in [0.2, 0.25) is 0 Å². The number of ether oxygens (including phenoxy) is 2. The highest BCUT2D eigenvalue weighted by Gasteiger charge is 2.48. The maximum Gasteiger partial charge on any atom is 0.301 e. The van der Waals surface area contributed by atoms with E-state index in [1.165, 1.54) is 30.2 Å². The number of ketones is 1. The van der Waals surface area contributed by atoms with E-state index in [-0.39, 0.29) is 16.5 Å². The number of benzene rings is 3. The molecular weight excluding hydrogens is 555 g/mol. The molecule has 4 aromatic rings. The number of thiazole rings is 1. The van der Waals surface area contributed by atoms with Gasteiger partial charge >= 0.3 is 5.91 Å². The van der Waals surface area contributed by atoms with Gasteiger partial charge in [-0.1, -0.05) is 48.8 Å². The summed E-state index contributed by atoms with van der Waals surface area (Å²) in [4.78, 5) is 32.7. The van der Waals surface area contributed by atoms with Crippen LogP contribution in [0.25, 0.3) is 16.0 Å². The molecule has 1 aliphatic heterocycles. The molecule has 40 heavy (non-hydrogen) atoms. The number of methoxy groups -OCH3 is 1. The molecule has 1 saturated heterocycles. The predicted octanol–water partition coefficient (Wildman–Crippen LogP) is 7.29. The summed E-state index contributed by atoms with van der Waals surface area (Å²) in [5.74, 6) is -1.59. The summed E-state index contributed by atoms with van der Waals surface area (Å²) in [6, 6.07) is 14.5. The second-order valence-electron chi connectivity index (χ2n) is 9.25. The topological polar surface area (TPSA) is 89.0 Å². The van der Waals surface area contributed by atoms with Crippen LogP contribution in [0.5, 0.6) is 11.5 Å². The number of Topliss-reactive ketones (excluding diaryl/α,β-unsaturated/α-hetero) is 1. The number of aliphatic hydroxyl groups excluding tert-OH is 1. The molecule has 206 valence electrons. The number of carbonyl (C=O) groups is 2. The van der Waals surface area contributed by atoms with Crippen LogP contribution in [0.3, 0.4) is 0 Å². The number of nitrogens with zero attached hydrogens (tertiary/aromatic N) is 2. The third-order valence-corrected chi connectivity index (χ3v) is 7.89. The van der Waals surface area contributed by atoms with Gasteiger partial charge in [0, 0.05) is 10.6 Å². The Morgan fingerprint density at radius 1 is 1.07 bits per heavy atom. The monoisotopic (exact) mass is 580 g/mol. The zero-order chi connectivity index (χ0) is 28.4. The van der Waals surface area contributed by atoms with E-state index >= 15 is 0 Å². The molecule has 1 amide bonds. The number of hydrogen-bond acceptors (Lipinski definition) is 7. The Hall–Kier alpha value is -3.95. The van der Waals surface area contributed by atoms with Crippen molar-refractivity contribution in [2.45, 2.75) is 32.2 Å². The number of halogens is 2. The van der Waals surface area contributed by atoms with Crippen molar-refractivity contribution in [1.82, 2.24) is 4.98 Å². The summed E-state index contributed by atoms with van der Waals surface area (Å²) in [7, 11) is 1.50. The number of carbonyl (C=O) groups excluding carboxylic acids is 2. The van der Waals surface area contributed by atoms with Crippen LogP contribution in [-0.4, -0.2) is 35.5 Å². The molecule has 1 aliphatic rings. The van der Waals surface area contributed by atoms with Crippen molar-refractivity contribution < 1.29 is 28.6 Å². The molecule has 1 atom stereocenters. The second-order valence-corrected chi connectivity index (χ2v) is 10.7. The number of aliphatic hydroxyl groups is 1. The molecule has 1 aromatic heterocycles. The Bertz CT molecular complexity index is 1620. The molecule has 10 heteroatoms. The van der Waals surface area contributed by atoms with Gasteiger partial charge in [0.25, 0.3) is 5.78 Å². The Kier molecular flexibility index (Phi) is 8.04. The molecular formula is C30H26ClFN2O5S. The third kappa shape index (κ3) is 5.26. The zero-order valence-electron chi connectivity index (χ0n) is 21.8. The Morgan fingerprint density at radius 2 is 1.85 bits per heavy atom. The van der Waals surface area contributed by atoms with Crippen LogP contribution in [0.1, 0.15) is 43.4 Å². The van der Waals surface area contributed by atoms with E-state index < -0.39 is 23.5 Å². The number of anilines is 1. The van der Waals surface area contributed by atoms with Crippen LogP contribution < -0.4 is 14.4 Å². The standard InChI is InChI=1S/C30H26ClFN2O5S/c1-3-4-5-14-39-22-13-8-18(15-23(22)38-2)26-25(27(35)17-6-9-19(31)10-7-17)28(36)29(37)34(26)30-33-21-12-11-20(32)16-24(21)40-30/h6-13,15-16,26,35H,3-5,14H2,1-2H3/b27-25+. The van der Waals surface area contributed by atoms with Gasteiger partial charge in [-0.3, -0.25) is 14.5 Å². The van der Waals surface area contributed by atoms with Gasteiger partial charge < -0.3 is 14.6 Å². The maximum absolute atomic E-state index is 13.9. The van der Waals surface area contributed by atoms with Gasteiger partial charge in [-0.15, -0.1) is 0 Å². The molecule has 7 nitrogen and oxygen atoms in total. The predicted molar refractivity (Wildman–Crippen MR) is 154 cm³/mol. The molecule has 0 saturated carbocycles. The second kappa shape index (κ2) is 11.7. The molecule has 0 spiro atoms. The van der Waals surface area contributed by atoms with E-state index in [9.17, 15) is 19.1 Å². The summed E-state index contributed by atoms with van der Waals surface area (Å²) < 4.78 is 25.9.